The zero-order chi connectivity index (χ0) is 14.4. The lowest BCUT2D eigenvalue weighted by atomic mass is 10.3. The topological polar surface area (TPSA) is 73.1 Å². The molecule has 0 aliphatic carbocycles. The normalized spacial score (nSPS) is 11.1. The number of unbranched alkanes of at least 4 members (excludes halogenated alkanes) is 1. The third-order valence-corrected chi connectivity index (χ3v) is 4.16. The largest absolute Gasteiger partial charge is 0.380 e. The van der Waals surface area contributed by atoms with Gasteiger partial charge in [0.05, 0.1) is 12.0 Å². The van der Waals surface area contributed by atoms with Crippen LogP contribution in [0.2, 0.25) is 0 Å². The van der Waals surface area contributed by atoms with Crippen LogP contribution >= 0.6 is 11.3 Å². The highest BCUT2D eigenvalue weighted by molar-refractivity contribution is 7.18. The van der Waals surface area contributed by atoms with E-state index in [1.807, 2.05) is 0 Å². The standard InChI is InChI=1S/C14H22N4OS/c1-3-5-7-19-8-6-16-12-11-9-10(4-2)20-13(11)18-14(15)17-12/h9H,3-8H2,1-2H3,(H3,15,16,17,18). The molecule has 0 spiro atoms. The Labute approximate surface area is 123 Å². The highest BCUT2D eigenvalue weighted by Gasteiger charge is 2.09. The van der Waals surface area contributed by atoms with Crippen molar-refractivity contribution in [3.05, 3.63) is 10.9 Å². The molecule has 2 aromatic rings. The number of hydrogen-bond donors (Lipinski definition) is 2. The third kappa shape index (κ3) is 3.80. The minimum atomic E-state index is 0.316. The second kappa shape index (κ2) is 7.40. The number of nitrogen functional groups attached to an aromatic ring is 1. The number of rotatable bonds is 8. The summed E-state index contributed by atoms with van der Waals surface area (Å²) >= 11 is 1.67. The molecule has 5 nitrogen and oxygen atoms in total. The summed E-state index contributed by atoms with van der Waals surface area (Å²) in [5.41, 5.74) is 5.76. The molecule has 0 unspecified atom stereocenters. The van der Waals surface area contributed by atoms with E-state index in [0.29, 0.717) is 12.6 Å². The van der Waals surface area contributed by atoms with Crippen molar-refractivity contribution in [2.24, 2.45) is 0 Å². The second-order valence-corrected chi connectivity index (χ2v) is 5.72. The van der Waals surface area contributed by atoms with Gasteiger partial charge in [-0.05, 0) is 18.9 Å². The Hall–Kier alpha value is -1.40. The maximum absolute atomic E-state index is 5.76. The summed E-state index contributed by atoms with van der Waals surface area (Å²) in [5, 5.41) is 4.34. The van der Waals surface area contributed by atoms with Crippen LogP contribution in [0.5, 0.6) is 0 Å². The first-order valence-corrected chi connectivity index (χ1v) is 7.93. The van der Waals surface area contributed by atoms with Gasteiger partial charge in [-0.2, -0.15) is 4.98 Å². The van der Waals surface area contributed by atoms with Crippen LogP contribution in [0.15, 0.2) is 6.07 Å². The number of fused-ring (bicyclic) bond motifs is 1. The van der Waals surface area contributed by atoms with E-state index in [2.05, 4.69) is 35.2 Å². The molecule has 0 radical (unpaired) electrons. The predicted octanol–water partition coefficient (Wildman–Crippen LogP) is 3.06. The minimum absolute atomic E-state index is 0.316. The van der Waals surface area contributed by atoms with Crippen molar-refractivity contribution < 1.29 is 4.74 Å². The Balaban J connectivity index is 1.99. The van der Waals surface area contributed by atoms with Crippen LogP contribution in [0.3, 0.4) is 0 Å². The first-order chi connectivity index (χ1) is 9.74. The molecule has 3 N–H and O–H groups in total. The third-order valence-electron chi connectivity index (χ3n) is 2.99. The Morgan fingerprint density at radius 2 is 2.15 bits per heavy atom. The van der Waals surface area contributed by atoms with E-state index in [1.165, 1.54) is 4.88 Å². The van der Waals surface area contributed by atoms with Crippen LogP contribution in [-0.4, -0.2) is 29.7 Å². The number of thiophene rings is 1. The Morgan fingerprint density at radius 1 is 1.30 bits per heavy atom. The molecule has 2 heterocycles. The zero-order valence-electron chi connectivity index (χ0n) is 12.1. The van der Waals surface area contributed by atoms with Gasteiger partial charge in [-0.3, -0.25) is 0 Å². The van der Waals surface area contributed by atoms with Gasteiger partial charge in [0.15, 0.2) is 0 Å². The first kappa shape index (κ1) is 15.0. The quantitative estimate of drug-likeness (QED) is 0.732. The Morgan fingerprint density at radius 3 is 2.90 bits per heavy atom. The van der Waals surface area contributed by atoms with E-state index in [4.69, 9.17) is 10.5 Å². The van der Waals surface area contributed by atoms with Crippen LogP contribution in [0.25, 0.3) is 10.2 Å². The number of ether oxygens (including phenoxy) is 1. The van der Waals surface area contributed by atoms with Crippen molar-refractivity contribution in [2.45, 2.75) is 33.1 Å². The molecule has 0 atom stereocenters. The molecule has 110 valence electrons. The smallest absolute Gasteiger partial charge is 0.223 e. The van der Waals surface area contributed by atoms with E-state index in [1.54, 1.807) is 11.3 Å². The molecule has 0 amide bonds. The van der Waals surface area contributed by atoms with E-state index in [-0.39, 0.29) is 0 Å². The molecule has 6 heteroatoms. The average Bonchev–Trinajstić information content (AvgIpc) is 2.85. The summed E-state index contributed by atoms with van der Waals surface area (Å²) in [7, 11) is 0. The number of nitrogens with one attached hydrogen (secondary N) is 1. The molecule has 0 saturated heterocycles. The monoisotopic (exact) mass is 294 g/mol. The summed E-state index contributed by atoms with van der Waals surface area (Å²) in [5.74, 6) is 1.12. The fourth-order valence-corrected chi connectivity index (χ4v) is 2.86. The molecular formula is C14H22N4OS. The van der Waals surface area contributed by atoms with Crippen LogP contribution in [-0.2, 0) is 11.2 Å². The Kier molecular flexibility index (Phi) is 5.55. The number of anilines is 2. The van der Waals surface area contributed by atoms with Crippen LogP contribution in [0, 0.1) is 0 Å². The van der Waals surface area contributed by atoms with Crippen molar-refractivity contribution in [1.82, 2.24) is 9.97 Å². The van der Waals surface area contributed by atoms with Gasteiger partial charge in [0.25, 0.3) is 0 Å². The fourth-order valence-electron chi connectivity index (χ4n) is 1.89. The molecular weight excluding hydrogens is 272 g/mol. The van der Waals surface area contributed by atoms with Gasteiger partial charge in [-0.15, -0.1) is 11.3 Å². The average molecular weight is 294 g/mol. The molecule has 0 aliphatic rings. The molecule has 0 saturated carbocycles. The summed E-state index contributed by atoms with van der Waals surface area (Å²) in [6.07, 6.45) is 3.26. The fraction of sp³-hybridized carbons (Fsp3) is 0.571. The van der Waals surface area contributed by atoms with Crippen molar-refractivity contribution >= 4 is 33.3 Å². The van der Waals surface area contributed by atoms with Crippen molar-refractivity contribution in [1.29, 1.82) is 0 Å². The second-order valence-electron chi connectivity index (χ2n) is 4.61. The van der Waals surface area contributed by atoms with E-state index >= 15 is 0 Å². The number of nitrogens with zero attached hydrogens (tertiary/aromatic N) is 2. The number of nitrogens with two attached hydrogens (primary N) is 1. The van der Waals surface area contributed by atoms with Crippen molar-refractivity contribution in [3.8, 4) is 0 Å². The summed E-state index contributed by atoms with van der Waals surface area (Å²) in [6, 6.07) is 2.14. The lowest BCUT2D eigenvalue weighted by Gasteiger charge is -2.07. The van der Waals surface area contributed by atoms with Gasteiger partial charge in [0.2, 0.25) is 5.95 Å². The predicted molar refractivity (Wildman–Crippen MR) is 85.4 cm³/mol. The van der Waals surface area contributed by atoms with Gasteiger partial charge in [-0.1, -0.05) is 20.3 Å². The van der Waals surface area contributed by atoms with Crippen LogP contribution in [0.1, 0.15) is 31.6 Å². The molecule has 0 bridgehead atoms. The van der Waals surface area contributed by atoms with E-state index in [9.17, 15) is 0 Å². The van der Waals surface area contributed by atoms with Gasteiger partial charge >= 0.3 is 0 Å². The molecule has 2 aromatic heterocycles. The summed E-state index contributed by atoms with van der Waals surface area (Å²) < 4.78 is 5.53. The van der Waals surface area contributed by atoms with Gasteiger partial charge in [0, 0.05) is 18.0 Å². The molecule has 2 rings (SSSR count). The van der Waals surface area contributed by atoms with Crippen molar-refractivity contribution in [2.75, 3.05) is 30.8 Å². The lowest BCUT2D eigenvalue weighted by molar-refractivity contribution is 0.141. The molecule has 0 fully saturated rings. The summed E-state index contributed by atoms with van der Waals surface area (Å²) in [6.45, 7) is 6.51. The first-order valence-electron chi connectivity index (χ1n) is 7.12. The number of aryl methyl sites for hydroxylation is 1. The Bertz CT molecular complexity index is 555. The lowest BCUT2D eigenvalue weighted by Crippen LogP contribution is -2.12. The minimum Gasteiger partial charge on any atom is -0.380 e. The SMILES string of the molecule is CCCCOCCNc1nc(N)nc2sc(CC)cc12. The summed E-state index contributed by atoms with van der Waals surface area (Å²) in [4.78, 5) is 10.8. The van der Waals surface area contributed by atoms with Crippen LogP contribution in [0.4, 0.5) is 11.8 Å². The molecule has 20 heavy (non-hydrogen) atoms. The molecule has 0 aromatic carbocycles. The maximum Gasteiger partial charge on any atom is 0.223 e. The highest BCUT2D eigenvalue weighted by atomic mass is 32.1. The van der Waals surface area contributed by atoms with Gasteiger partial charge < -0.3 is 15.8 Å². The molecule has 0 aliphatic heterocycles. The number of aromatic nitrogens is 2. The van der Waals surface area contributed by atoms with Gasteiger partial charge in [-0.25, -0.2) is 4.98 Å². The maximum atomic E-state index is 5.76. The number of hydrogen-bond acceptors (Lipinski definition) is 6. The van der Waals surface area contributed by atoms with E-state index in [0.717, 1.165) is 48.4 Å². The van der Waals surface area contributed by atoms with Crippen LogP contribution < -0.4 is 11.1 Å². The van der Waals surface area contributed by atoms with E-state index < -0.39 is 0 Å². The van der Waals surface area contributed by atoms with Gasteiger partial charge in [0.1, 0.15) is 10.6 Å². The zero-order valence-corrected chi connectivity index (χ0v) is 12.9. The highest BCUT2D eigenvalue weighted by Crippen LogP contribution is 2.29. The van der Waals surface area contributed by atoms with Crippen molar-refractivity contribution in [3.63, 3.8) is 0 Å².